The highest BCUT2D eigenvalue weighted by Gasteiger charge is 1.99. The molecule has 1 unspecified atom stereocenters. The highest BCUT2D eigenvalue weighted by atomic mass is 32.2. The Morgan fingerprint density at radius 2 is 2.10 bits per heavy atom. The molecule has 0 saturated carbocycles. The first kappa shape index (κ1) is 10.7. The summed E-state index contributed by atoms with van der Waals surface area (Å²) in [4.78, 5) is 0. The fourth-order valence-corrected chi connectivity index (χ4v) is 2.32. The van der Waals surface area contributed by atoms with Crippen LogP contribution in [-0.4, -0.2) is 34.7 Å². The molecule has 3 heteroatoms. The molecule has 0 aromatic rings. The maximum absolute atomic E-state index is 8.57. The number of hydrogen-bond donors (Lipinski definition) is 1. The van der Waals surface area contributed by atoms with Gasteiger partial charge in [-0.1, -0.05) is 6.92 Å². The van der Waals surface area contributed by atoms with Gasteiger partial charge in [0.05, 0.1) is 0 Å². The molecule has 0 rings (SSSR count). The predicted octanol–water partition coefficient (Wildman–Crippen LogP) is 1.85. The van der Waals surface area contributed by atoms with Crippen molar-refractivity contribution in [2.45, 2.75) is 18.6 Å². The molecule has 0 saturated heterocycles. The highest BCUT2D eigenvalue weighted by Crippen LogP contribution is 2.14. The van der Waals surface area contributed by atoms with Crippen molar-refractivity contribution in [1.29, 1.82) is 0 Å². The number of hydrogen-bond acceptors (Lipinski definition) is 3. The lowest BCUT2D eigenvalue weighted by Gasteiger charge is -2.07. The molecule has 10 heavy (non-hydrogen) atoms. The van der Waals surface area contributed by atoms with E-state index in [0.29, 0.717) is 11.9 Å². The normalized spacial score (nSPS) is 13.5. The third-order valence-electron chi connectivity index (χ3n) is 1.23. The van der Waals surface area contributed by atoms with Crippen molar-refractivity contribution in [2.24, 2.45) is 0 Å². The third kappa shape index (κ3) is 6.78. The van der Waals surface area contributed by atoms with E-state index >= 15 is 0 Å². The highest BCUT2D eigenvalue weighted by molar-refractivity contribution is 8.02. The minimum absolute atomic E-state index is 0.327. The zero-order chi connectivity index (χ0) is 7.82. The van der Waals surface area contributed by atoms with Gasteiger partial charge in [0.25, 0.3) is 0 Å². The van der Waals surface area contributed by atoms with Gasteiger partial charge in [-0.25, -0.2) is 0 Å². The number of rotatable bonds is 6. The molecular weight excluding hydrogens is 164 g/mol. The Morgan fingerprint density at radius 3 is 2.60 bits per heavy atom. The second kappa shape index (κ2) is 7.76. The van der Waals surface area contributed by atoms with Gasteiger partial charge in [-0.05, 0) is 12.7 Å². The van der Waals surface area contributed by atoms with E-state index in [4.69, 9.17) is 5.11 Å². The van der Waals surface area contributed by atoms with Crippen LogP contribution in [-0.2, 0) is 0 Å². The summed E-state index contributed by atoms with van der Waals surface area (Å²) in [5, 5.41) is 9.20. The summed E-state index contributed by atoms with van der Waals surface area (Å²) in [6.45, 7) is 2.49. The summed E-state index contributed by atoms with van der Waals surface area (Å²) in [6.07, 6.45) is 3.05. The van der Waals surface area contributed by atoms with Crippen LogP contribution in [0.4, 0.5) is 0 Å². The Kier molecular flexibility index (Phi) is 8.28. The molecule has 0 aliphatic carbocycles. The van der Waals surface area contributed by atoms with Gasteiger partial charge in [-0.2, -0.15) is 23.5 Å². The van der Waals surface area contributed by atoms with Crippen LogP contribution in [0.2, 0.25) is 0 Å². The third-order valence-corrected chi connectivity index (χ3v) is 3.34. The summed E-state index contributed by atoms with van der Waals surface area (Å²) in [5.41, 5.74) is 0. The summed E-state index contributed by atoms with van der Waals surface area (Å²) in [7, 11) is 0. The van der Waals surface area contributed by atoms with Crippen molar-refractivity contribution in [2.75, 3.05) is 24.4 Å². The maximum Gasteiger partial charge on any atom is 0.0441 e. The van der Waals surface area contributed by atoms with Crippen molar-refractivity contribution < 1.29 is 5.11 Å². The average molecular weight is 180 g/mol. The first-order valence-electron chi connectivity index (χ1n) is 3.52. The van der Waals surface area contributed by atoms with Crippen LogP contribution in [0.25, 0.3) is 0 Å². The van der Waals surface area contributed by atoms with Gasteiger partial charge in [-0.3, -0.25) is 0 Å². The fourth-order valence-electron chi connectivity index (χ4n) is 0.598. The van der Waals surface area contributed by atoms with Crippen LogP contribution >= 0.6 is 23.5 Å². The lowest BCUT2D eigenvalue weighted by Crippen LogP contribution is -2.01. The molecule has 0 aliphatic heterocycles. The van der Waals surface area contributed by atoms with Crippen LogP contribution in [0.15, 0.2) is 0 Å². The van der Waals surface area contributed by atoms with E-state index in [0.717, 1.165) is 6.42 Å². The summed E-state index contributed by atoms with van der Waals surface area (Å²) < 4.78 is 0. The van der Waals surface area contributed by atoms with Gasteiger partial charge in [0, 0.05) is 23.4 Å². The largest absolute Gasteiger partial charge is 0.396 e. The smallest absolute Gasteiger partial charge is 0.0441 e. The topological polar surface area (TPSA) is 20.2 Å². The average Bonchev–Trinajstić information content (AvgIpc) is 1.89. The molecule has 0 heterocycles. The molecule has 0 aromatic carbocycles. The molecule has 0 amide bonds. The molecule has 1 nitrogen and oxygen atoms in total. The minimum Gasteiger partial charge on any atom is -0.396 e. The Hall–Kier alpha value is 0.660. The molecule has 0 aromatic heterocycles. The zero-order valence-electron chi connectivity index (χ0n) is 6.67. The molecule has 1 N–H and O–H groups in total. The van der Waals surface area contributed by atoms with Crippen molar-refractivity contribution in [3.05, 3.63) is 0 Å². The zero-order valence-corrected chi connectivity index (χ0v) is 8.30. The predicted molar refractivity (Wildman–Crippen MR) is 52.0 cm³/mol. The summed E-state index contributed by atoms with van der Waals surface area (Å²) in [6, 6.07) is 0. The molecule has 0 bridgehead atoms. The van der Waals surface area contributed by atoms with E-state index in [1.54, 1.807) is 0 Å². The Bertz CT molecular complexity index is 68.6. The van der Waals surface area contributed by atoms with Crippen molar-refractivity contribution >= 4 is 23.5 Å². The molecular formula is C7H16OS2. The van der Waals surface area contributed by atoms with E-state index < -0.39 is 0 Å². The van der Waals surface area contributed by atoms with E-state index in [1.165, 1.54) is 11.5 Å². The first-order valence-corrected chi connectivity index (χ1v) is 5.97. The molecule has 0 spiro atoms. The Labute approximate surface area is 72.0 Å². The molecule has 1 atom stereocenters. The number of thioether (sulfide) groups is 2. The lowest BCUT2D eigenvalue weighted by atomic mass is 10.3. The second-order valence-corrected chi connectivity index (χ2v) is 4.72. The Morgan fingerprint density at radius 1 is 1.40 bits per heavy atom. The quantitative estimate of drug-likeness (QED) is 0.630. The van der Waals surface area contributed by atoms with Gasteiger partial charge in [0.1, 0.15) is 0 Å². The minimum atomic E-state index is 0.327. The fraction of sp³-hybridized carbons (Fsp3) is 1.00. The van der Waals surface area contributed by atoms with Gasteiger partial charge in [0.2, 0.25) is 0 Å². The van der Waals surface area contributed by atoms with Crippen LogP contribution < -0.4 is 0 Å². The summed E-state index contributed by atoms with van der Waals surface area (Å²) >= 11 is 3.82. The van der Waals surface area contributed by atoms with Crippen LogP contribution in [0.5, 0.6) is 0 Å². The van der Waals surface area contributed by atoms with Crippen molar-refractivity contribution in [1.82, 2.24) is 0 Å². The van der Waals surface area contributed by atoms with Gasteiger partial charge in [0.15, 0.2) is 0 Å². The van der Waals surface area contributed by atoms with Crippen LogP contribution in [0.3, 0.4) is 0 Å². The summed E-state index contributed by atoms with van der Waals surface area (Å²) in [5.74, 6) is 2.43. The molecule has 0 aliphatic rings. The lowest BCUT2D eigenvalue weighted by molar-refractivity contribution is 0.289. The van der Waals surface area contributed by atoms with Gasteiger partial charge in [-0.15, -0.1) is 0 Å². The molecule has 0 fully saturated rings. The second-order valence-electron chi connectivity index (χ2n) is 2.19. The van der Waals surface area contributed by atoms with E-state index in [-0.39, 0.29) is 0 Å². The number of aliphatic hydroxyl groups excluding tert-OH is 1. The Balaban J connectivity index is 2.97. The van der Waals surface area contributed by atoms with Crippen LogP contribution in [0, 0.1) is 0 Å². The van der Waals surface area contributed by atoms with Crippen LogP contribution in [0.1, 0.15) is 13.3 Å². The van der Waals surface area contributed by atoms with Crippen molar-refractivity contribution in [3.8, 4) is 0 Å². The maximum atomic E-state index is 8.57. The SMILES string of the molecule is CSCCSC(C)CCO. The monoisotopic (exact) mass is 180 g/mol. The number of aliphatic hydroxyl groups is 1. The standard InChI is InChI=1S/C7H16OS2/c1-7(3-4-8)10-6-5-9-2/h7-8H,3-6H2,1-2H3. The van der Waals surface area contributed by atoms with Gasteiger partial charge >= 0.3 is 0 Å². The van der Waals surface area contributed by atoms with Crippen molar-refractivity contribution in [3.63, 3.8) is 0 Å². The molecule has 0 radical (unpaired) electrons. The van der Waals surface area contributed by atoms with Gasteiger partial charge < -0.3 is 5.11 Å². The van der Waals surface area contributed by atoms with E-state index in [1.807, 2.05) is 23.5 Å². The van der Waals surface area contributed by atoms with E-state index in [2.05, 4.69) is 13.2 Å². The first-order chi connectivity index (χ1) is 4.81. The molecule has 62 valence electrons. The van der Waals surface area contributed by atoms with E-state index in [9.17, 15) is 0 Å².